The third kappa shape index (κ3) is 3.60. The van der Waals surface area contributed by atoms with E-state index in [0.29, 0.717) is 0 Å². The molecule has 0 aliphatic carbocycles. The van der Waals surface area contributed by atoms with Gasteiger partial charge in [-0.3, -0.25) is 0 Å². The standard InChI is InChI=1S/C42H29NOS2/c1-46(2)38-23-22-33-31-12-6-8-14-36(31)44-41(33)40(38)35-21-18-29(25-39(35)46)43(27-10-4-3-5-11-27)28-17-20-30-26(24-28)16-19-34-32-13-7-9-15-37(32)45-42(30)34/h3-25H,1-2H3. The van der Waals surface area contributed by atoms with Crippen LogP contribution in [-0.2, 0) is 0 Å². The van der Waals surface area contributed by atoms with Crippen molar-refractivity contribution in [2.75, 3.05) is 17.4 Å². The van der Waals surface area contributed by atoms with Crippen LogP contribution < -0.4 is 4.90 Å². The van der Waals surface area contributed by atoms with Gasteiger partial charge in [-0.05, 0) is 89.5 Å². The van der Waals surface area contributed by atoms with E-state index in [1.807, 2.05) is 11.3 Å². The Morgan fingerprint density at radius 1 is 0.543 bits per heavy atom. The number of thiophene rings is 1. The molecular formula is C42H29NOS2. The van der Waals surface area contributed by atoms with Gasteiger partial charge < -0.3 is 9.32 Å². The molecular weight excluding hydrogens is 599 g/mol. The lowest BCUT2D eigenvalue weighted by atomic mass is 10.0. The maximum absolute atomic E-state index is 6.56. The van der Waals surface area contributed by atoms with Crippen LogP contribution in [0.3, 0.4) is 0 Å². The average molecular weight is 628 g/mol. The van der Waals surface area contributed by atoms with Crippen LogP contribution in [-0.4, -0.2) is 12.5 Å². The fraction of sp³-hybridized carbons (Fsp3) is 0.0476. The quantitative estimate of drug-likeness (QED) is 0.194. The number of para-hydroxylation sites is 2. The van der Waals surface area contributed by atoms with Crippen LogP contribution >= 0.6 is 21.4 Å². The van der Waals surface area contributed by atoms with E-state index >= 15 is 0 Å². The van der Waals surface area contributed by atoms with Crippen molar-refractivity contribution < 1.29 is 4.42 Å². The predicted octanol–water partition coefficient (Wildman–Crippen LogP) is 13.0. The molecule has 0 saturated heterocycles. The summed E-state index contributed by atoms with van der Waals surface area (Å²) >= 11 is 1.89. The van der Waals surface area contributed by atoms with Crippen molar-refractivity contribution in [2.24, 2.45) is 0 Å². The maximum atomic E-state index is 6.56. The molecule has 1 aliphatic heterocycles. The molecule has 4 heteroatoms. The molecule has 0 fully saturated rings. The zero-order valence-electron chi connectivity index (χ0n) is 25.5. The van der Waals surface area contributed by atoms with Crippen LogP contribution in [0.15, 0.2) is 154 Å². The number of furan rings is 1. The second kappa shape index (κ2) is 9.49. The van der Waals surface area contributed by atoms with E-state index in [9.17, 15) is 0 Å². The Morgan fingerprint density at radius 2 is 1.26 bits per heavy atom. The lowest BCUT2D eigenvalue weighted by Crippen LogP contribution is -2.10. The molecule has 46 heavy (non-hydrogen) atoms. The molecule has 2 aromatic heterocycles. The highest BCUT2D eigenvalue weighted by atomic mass is 32.3. The van der Waals surface area contributed by atoms with Gasteiger partial charge in [0.25, 0.3) is 0 Å². The summed E-state index contributed by atoms with van der Waals surface area (Å²) in [7, 11) is -1.27. The second-order valence-electron chi connectivity index (χ2n) is 12.5. The van der Waals surface area contributed by atoms with E-state index in [2.05, 4.69) is 157 Å². The van der Waals surface area contributed by atoms with Crippen LogP contribution in [0.25, 0.3) is 64.0 Å². The Balaban J connectivity index is 1.16. The molecule has 3 heterocycles. The molecule has 0 amide bonds. The van der Waals surface area contributed by atoms with Crippen LogP contribution in [0.2, 0.25) is 0 Å². The molecule has 1 aliphatic rings. The molecule has 7 aromatic carbocycles. The SMILES string of the molecule is CS1(C)c2cc(N(c3ccccc3)c3ccc4c(ccc5c6ccccc6sc45)c3)ccc2-c2c1ccc1c2oc2ccccc21. The molecule has 0 N–H and O–H groups in total. The minimum Gasteiger partial charge on any atom is -0.455 e. The highest BCUT2D eigenvalue weighted by Gasteiger charge is 2.35. The monoisotopic (exact) mass is 627 g/mol. The second-order valence-corrected chi connectivity index (χ2v) is 17.1. The fourth-order valence-electron chi connectivity index (χ4n) is 7.51. The lowest BCUT2D eigenvalue weighted by molar-refractivity contribution is 0.669. The normalized spacial score (nSPS) is 14.3. The van der Waals surface area contributed by atoms with Gasteiger partial charge in [0, 0.05) is 63.4 Å². The first-order valence-electron chi connectivity index (χ1n) is 15.6. The van der Waals surface area contributed by atoms with E-state index in [0.717, 1.165) is 22.5 Å². The Kier molecular flexibility index (Phi) is 5.41. The summed E-state index contributed by atoms with van der Waals surface area (Å²) in [6.45, 7) is 0. The minimum atomic E-state index is -1.27. The third-order valence-electron chi connectivity index (χ3n) is 9.72. The van der Waals surface area contributed by atoms with Gasteiger partial charge in [0.1, 0.15) is 11.2 Å². The number of rotatable bonds is 3. The molecule has 0 bridgehead atoms. The van der Waals surface area contributed by atoms with E-state index in [1.165, 1.54) is 68.3 Å². The molecule has 0 atom stereocenters. The van der Waals surface area contributed by atoms with E-state index in [1.54, 1.807) is 0 Å². The molecule has 0 saturated carbocycles. The first-order valence-corrected chi connectivity index (χ1v) is 18.8. The molecule has 0 unspecified atom stereocenters. The van der Waals surface area contributed by atoms with Crippen molar-refractivity contribution >= 4 is 91.3 Å². The molecule has 0 spiro atoms. The molecule has 9 aromatic rings. The highest BCUT2D eigenvalue weighted by molar-refractivity contribution is 8.33. The number of anilines is 3. The van der Waals surface area contributed by atoms with Crippen LogP contribution in [0.1, 0.15) is 0 Å². The average Bonchev–Trinajstić information content (AvgIpc) is 3.73. The Labute approximate surface area is 272 Å². The topological polar surface area (TPSA) is 16.4 Å². The lowest BCUT2D eigenvalue weighted by Gasteiger charge is -2.31. The molecule has 220 valence electrons. The number of fused-ring (bicyclic) bond motifs is 12. The van der Waals surface area contributed by atoms with Crippen LogP contribution in [0.4, 0.5) is 17.1 Å². The third-order valence-corrected chi connectivity index (χ3v) is 13.8. The van der Waals surface area contributed by atoms with Gasteiger partial charge in [-0.15, -0.1) is 11.3 Å². The van der Waals surface area contributed by atoms with Gasteiger partial charge in [-0.1, -0.05) is 78.9 Å². The smallest absolute Gasteiger partial charge is 0.144 e. The summed E-state index contributed by atoms with van der Waals surface area (Å²) in [4.78, 5) is 5.21. The van der Waals surface area contributed by atoms with Crippen molar-refractivity contribution in [1.29, 1.82) is 0 Å². The summed E-state index contributed by atoms with van der Waals surface area (Å²) in [5, 5.41) is 7.60. The van der Waals surface area contributed by atoms with E-state index in [-0.39, 0.29) is 0 Å². The van der Waals surface area contributed by atoms with Gasteiger partial charge in [0.05, 0.1) is 0 Å². The number of hydrogen-bond donors (Lipinski definition) is 0. The van der Waals surface area contributed by atoms with Gasteiger partial charge in [0.15, 0.2) is 0 Å². The first kappa shape index (κ1) is 26.2. The zero-order valence-corrected chi connectivity index (χ0v) is 27.1. The van der Waals surface area contributed by atoms with Crippen LogP contribution in [0.5, 0.6) is 0 Å². The fourth-order valence-corrected chi connectivity index (χ4v) is 11.2. The van der Waals surface area contributed by atoms with Crippen molar-refractivity contribution in [1.82, 2.24) is 0 Å². The van der Waals surface area contributed by atoms with Gasteiger partial charge in [-0.25, -0.2) is 0 Å². The molecule has 0 radical (unpaired) electrons. The van der Waals surface area contributed by atoms with Crippen molar-refractivity contribution in [3.05, 3.63) is 140 Å². The zero-order chi connectivity index (χ0) is 30.6. The van der Waals surface area contributed by atoms with Crippen LogP contribution in [0, 0.1) is 0 Å². The van der Waals surface area contributed by atoms with Gasteiger partial charge in [0.2, 0.25) is 0 Å². The molecule has 10 rings (SSSR count). The number of benzene rings is 7. The summed E-state index contributed by atoms with van der Waals surface area (Å²) in [6, 6.07) is 51.1. The number of nitrogens with zero attached hydrogens (tertiary/aromatic N) is 1. The maximum Gasteiger partial charge on any atom is 0.144 e. The van der Waals surface area contributed by atoms with Crippen molar-refractivity contribution in [2.45, 2.75) is 9.79 Å². The van der Waals surface area contributed by atoms with Gasteiger partial charge in [-0.2, -0.15) is 10.0 Å². The Morgan fingerprint density at radius 3 is 2.15 bits per heavy atom. The summed E-state index contributed by atoms with van der Waals surface area (Å²) in [6.07, 6.45) is 4.85. The minimum absolute atomic E-state index is 0.947. The Hall–Kier alpha value is -5.03. The largest absolute Gasteiger partial charge is 0.455 e. The van der Waals surface area contributed by atoms with Crippen molar-refractivity contribution in [3.8, 4) is 11.1 Å². The van der Waals surface area contributed by atoms with Crippen molar-refractivity contribution in [3.63, 3.8) is 0 Å². The summed E-state index contributed by atoms with van der Waals surface area (Å²) < 4.78 is 9.25. The Bertz CT molecular complexity index is 2680. The summed E-state index contributed by atoms with van der Waals surface area (Å²) in [5.74, 6) is 0. The van der Waals surface area contributed by atoms with E-state index < -0.39 is 10.0 Å². The first-order chi connectivity index (χ1) is 22.6. The van der Waals surface area contributed by atoms with E-state index in [4.69, 9.17) is 4.42 Å². The molecule has 2 nitrogen and oxygen atoms in total. The predicted molar refractivity (Wildman–Crippen MR) is 200 cm³/mol. The summed E-state index contributed by atoms with van der Waals surface area (Å²) in [5.41, 5.74) is 7.98. The van der Waals surface area contributed by atoms with Gasteiger partial charge >= 0.3 is 0 Å². The highest BCUT2D eigenvalue weighted by Crippen LogP contribution is 2.69. The number of hydrogen-bond acceptors (Lipinski definition) is 3.